The molecular formula is C12H18N2O. The fourth-order valence-electron chi connectivity index (χ4n) is 1.69. The molecule has 0 aliphatic heterocycles. The lowest BCUT2D eigenvalue weighted by molar-refractivity contribution is 0.229. The zero-order valence-corrected chi connectivity index (χ0v) is 9.66. The number of furan rings is 1. The van der Waals surface area contributed by atoms with Gasteiger partial charge >= 0.3 is 0 Å². The Kier molecular flexibility index (Phi) is 4.38. The normalized spacial score (nSPS) is 12.7. The Labute approximate surface area is 91.3 Å². The molecule has 0 aliphatic carbocycles. The molecule has 0 saturated carbocycles. The van der Waals surface area contributed by atoms with Crippen LogP contribution in [0.4, 0.5) is 0 Å². The molecule has 0 radical (unpaired) electrons. The maximum atomic E-state index is 8.70. The average Bonchev–Trinajstić information content (AvgIpc) is 2.60. The van der Waals surface area contributed by atoms with Crippen LogP contribution in [0.5, 0.6) is 0 Å². The van der Waals surface area contributed by atoms with Crippen LogP contribution in [0.2, 0.25) is 0 Å². The fraction of sp³-hybridized carbons (Fsp3) is 0.583. The predicted octanol–water partition coefficient (Wildman–Crippen LogP) is 2.71. The maximum Gasteiger partial charge on any atom is 0.105 e. The van der Waals surface area contributed by atoms with Gasteiger partial charge in [0.15, 0.2) is 0 Å². The summed E-state index contributed by atoms with van der Waals surface area (Å²) in [6.07, 6.45) is 3.30. The Balaban J connectivity index is 2.58. The maximum absolute atomic E-state index is 8.70. The third-order valence-corrected chi connectivity index (χ3v) is 2.81. The summed E-state index contributed by atoms with van der Waals surface area (Å²) >= 11 is 0. The predicted molar refractivity (Wildman–Crippen MR) is 59.2 cm³/mol. The second-order valence-electron chi connectivity index (χ2n) is 3.84. The molecule has 1 heterocycles. The molecule has 1 unspecified atom stereocenters. The van der Waals surface area contributed by atoms with Crippen LogP contribution in [0, 0.1) is 18.3 Å². The lowest BCUT2D eigenvalue weighted by atomic mass is 10.1. The molecule has 0 saturated heterocycles. The van der Waals surface area contributed by atoms with E-state index in [9.17, 15) is 0 Å². The number of aryl methyl sites for hydroxylation is 1. The monoisotopic (exact) mass is 206 g/mol. The molecule has 0 aromatic carbocycles. The minimum Gasteiger partial charge on any atom is -0.469 e. The molecule has 1 aromatic rings. The number of nitriles is 1. The van der Waals surface area contributed by atoms with Crippen LogP contribution >= 0.6 is 0 Å². The van der Waals surface area contributed by atoms with Crippen LogP contribution in [0.15, 0.2) is 16.7 Å². The summed E-state index contributed by atoms with van der Waals surface area (Å²) in [4.78, 5) is 2.21. The van der Waals surface area contributed by atoms with Gasteiger partial charge in [-0.15, -0.1) is 0 Å². The van der Waals surface area contributed by atoms with Crippen molar-refractivity contribution in [3.63, 3.8) is 0 Å². The third-order valence-electron chi connectivity index (χ3n) is 2.81. The lowest BCUT2D eigenvalue weighted by Gasteiger charge is -2.24. The molecule has 0 amide bonds. The Bertz CT molecular complexity index is 338. The first-order valence-electron chi connectivity index (χ1n) is 5.29. The lowest BCUT2D eigenvalue weighted by Crippen LogP contribution is -2.30. The van der Waals surface area contributed by atoms with E-state index in [1.807, 2.05) is 13.0 Å². The van der Waals surface area contributed by atoms with Crippen LogP contribution in [-0.4, -0.2) is 18.0 Å². The largest absolute Gasteiger partial charge is 0.469 e. The van der Waals surface area contributed by atoms with Crippen molar-refractivity contribution in [2.45, 2.75) is 39.3 Å². The summed E-state index contributed by atoms with van der Waals surface area (Å²) in [6, 6.07) is 4.56. The highest BCUT2D eigenvalue weighted by molar-refractivity contribution is 5.15. The van der Waals surface area contributed by atoms with E-state index in [-0.39, 0.29) is 0 Å². The highest BCUT2D eigenvalue weighted by Crippen LogP contribution is 2.15. The minimum absolute atomic E-state index is 0.337. The van der Waals surface area contributed by atoms with E-state index in [1.54, 1.807) is 6.26 Å². The van der Waals surface area contributed by atoms with Crippen molar-refractivity contribution in [1.82, 2.24) is 4.90 Å². The van der Waals surface area contributed by atoms with E-state index in [2.05, 4.69) is 24.9 Å². The van der Waals surface area contributed by atoms with Crippen molar-refractivity contribution < 1.29 is 4.42 Å². The van der Waals surface area contributed by atoms with Crippen LogP contribution in [0.25, 0.3) is 0 Å². The van der Waals surface area contributed by atoms with Crippen molar-refractivity contribution >= 4 is 0 Å². The summed E-state index contributed by atoms with van der Waals surface area (Å²) in [7, 11) is 2.05. The Morgan fingerprint density at radius 2 is 2.33 bits per heavy atom. The van der Waals surface area contributed by atoms with Gasteiger partial charge in [0.05, 0.1) is 18.8 Å². The fourth-order valence-corrected chi connectivity index (χ4v) is 1.69. The number of hydrogen-bond acceptors (Lipinski definition) is 3. The first-order valence-corrected chi connectivity index (χ1v) is 5.29. The van der Waals surface area contributed by atoms with Crippen molar-refractivity contribution in [1.29, 1.82) is 5.26 Å². The van der Waals surface area contributed by atoms with Crippen LogP contribution < -0.4 is 0 Å². The quantitative estimate of drug-likeness (QED) is 0.743. The second kappa shape index (κ2) is 5.57. The molecule has 0 aliphatic rings. The van der Waals surface area contributed by atoms with E-state index in [1.165, 1.54) is 5.56 Å². The first kappa shape index (κ1) is 11.8. The number of hydrogen-bond donors (Lipinski definition) is 0. The van der Waals surface area contributed by atoms with Gasteiger partial charge in [0.2, 0.25) is 0 Å². The van der Waals surface area contributed by atoms with E-state index in [0.29, 0.717) is 12.5 Å². The zero-order chi connectivity index (χ0) is 11.3. The summed E-state index contributed by atoms with van der Waals surface area (Å²) in [5.74, 6) is 0.966. The van der Waals surface area contributed by atoms with Crippen molar-refractivity contribution in [3.8, 4) is 6.07 Å². The van der Waals surface area contributed by atoms with Gasteiger partial charge in [0, 0.05) is 18.2 Å². The Morgan fingerprint density at radius 1 is 1.60 bits per heavy atom. The number of nitrogens with zero attached hydrogens (tertiary/aromatic N) is 2. The summed E-state index contributed by atoms with van der Waals surface area (Å²) in [6.45, 7) is 4.93. The van der Waals surface area contributed by atoms with Gasteiger partial charge in [-0.3, -0.25) is 4.90 Å². The summed E-state index contributed by atoms with van der Waals surface area (Å²) in [5.41, 5.74) is 1.20. The van der Waals surface area contributed by atoms with Crippen LogP contribution in [0.1, 0.15) is 31.1 Å². The smallest absolute Gasteiger partial charge is 0.105 e. The molecule has 0 fully saturated rings. The molecule has 1 aromatic heterocycles. The molecule has 0 spiro atoms. The zero-order valence-electron chi connectivity index (χ0n) is 9.66. The van der Waals surface area contributed by atoms with Crippen LogP contribution in [0.3, 0.4) is 0 Å². The molecular weight excluding hydrogens is 188 g/mol. The SMILES string of the molecule is CCC(CC#N)N(C)Cc1ccoc1C. The molecule has 0 bridgehead atoms. The van der Waals surface area contributed by atoms with Crippen LogP contribution in [-0.2, 0) is 6.54 Å². The van der Waals surface area contributed by atoms with E-state index in [4.69, 9.17) is 9.68 Å². The van der Waals surface area contributed by atoms with E-state index >= 15 is 0 Å². The van der Waals surface area contributed by atoms with E-state index in [0.717, 1.165) is 18.7 Å². The van der Waals surface area contributed by atoms with Crippen molar-refractivity contribution in [3.05, 3.63) is 23.7 Å². The molecule has 1 rings (SSSR count). The van der Waals surface area contributed by atoms with Crippen molar-refractivity contribution in [2.75, 3.05) is 7.05 Å². The topological polar surface area (TPSA) is 40.2 Å². The molecule has 15 heavy (non-hydrogen) atoms. The standard InChI is InChI=1S/C12H18N2O/c1-4-12(5-7-13)14(3)9-11-6-8-15-10(11)2/h6,8,12H,4-5,9H2,1-3H3. The van der Waals surface area contributed by atoms with Gasteiger partial charge in [-0.1, -0.05) is 6.92 Å². The molecule has 3 heteroatoms. The Morgan fingerprint density at radius 3 is 2.80 bits per heavy atom. The molecule has 3 nitrogen and oxygen atoms in total. The van der Waals surface area contributed by atoms with Gasteiger partial charge in [-0.25, -0.2) is 0 Å². The van der Waals surface area contributed by atoms with Gasteiger partial charge in [0.1, 0.15) is 5.76 Å². The summed E-state index contributed by atoms with van der Waals surface area (Å²) < 4.78 is 5.25. The van der Waals surface area contributed by atoms with Gasteiger partial charge < -0.3 is 4.42 Å². The van der Waals surface area contributed by atoms with Crippen molar-refractivity contribution in [2.24, 2.45) is 0 Å². The Hall–Kier alpha value is -1.27. The number of rotatable bonds is 5. The van der Waals surface area contributed by atoms with Gasteiger partial charge in [-0.05, 0) is 26.5 Å². The highest BCUT2D eigenvalue weighted by Gasteiger charge is 2.14. The molecule has 0 N–H and O–H groups in total. The van der Waals surface area contributed by atoms with E-state index < -0.39 is 0 Å². The third kappa shape index (κ3) is 3.10. The molecule has 1 atom stereocenters. The van der Waals surface area contributed by atoms with Gasteiger partial charge in [0.25, 0.3) is 0 Å². The summed E-state index contributed by atoms with van der Waals surface area (Å²) in [5, 5.41) is 8.70. The minimum atomic E-state index is 0.337. The first-order chi connectivity index (χ1) is 7.19. The molecule has 82 valence electrons. The van der Waals surface area contributed by atoms with Gasteiger partial charge in [-0.2, -0.15) is 5.26 Å². The highest BCUT2D eigenvalue weighted by atomic mass is 16.3. The average molecular weight is 206 g/mol. The second-order valence-corrected chi connectivity index (χ2v) is 3.84.